The summed E-state index contributed by atoms with van der Waals surface area (Å²) in [6.45, 7) is 8.19. The van der Waals surface area contributed by atoms with Crippen LogP contribution in [0.5, 0.6) is 0 Å². The lowest BCUT2D eigenvalue weighted by Gasteiger charge is -2.72. The molecule has 0 spiro atoms. The molecule has 3 fully saturated rings. The number of hydrogen-bond donors (Lipinski definition) is 1. The molecule has 4 rings (SSSR count). The maximum atomic E-state index is 13.4. The van der Waals surface area contributed by atoms with E-state index in [1.807, 2.05) is 30.3 Å². The van der Waals surface area contributed by atoms with E-state index in [9.17, 15) is 14.4 Å². The van der Waals surface area contributed by atoms with Gasteiger partial charge in [-0.2, -0.15) is 0 Å². The van der Waals surface area contributed by atoms with Crippen molar-refractivity contribution in [3.63, 3.8) is 0 Å². The van der Waals surface area contributed by atoms with Gasteiger partial charge >= 0.3 is 5.97 Å². The van der Waals surface area contributed by atoms with E-state index in [0.29, 0.717) is 12.8 Å². The first-order valence-corrected chi connectivity index (χ1v) is 13.9. The van der Waals surface area contributed by atoms with Crippen LogP contribution in [0.2, 0.25) is 19.6 Å². The summed E-state index contributed by atoms with van der Waals surface area (Å²) in [5, 5.41) is 2.98. The van der Waals surface area contributed by atoms with Gasteiger partial charge in [0.2, 0.25) is 5.78 Å². The number of nitrogens with one attached hydrogen (secondary N) is 1. The van der Waals surface area contributed by atoms with E-state index in [2.05, 4.69) is 25.0 Å². The molecule has 7 heteroatoms. The molecule has 0 bridgehead atoms. The molecular weight excluding hydrogens is 386 g/mol. The maximum Gasteiger partial charge on any atom is 0.323 e. The molecule has 1 aromatic rings. The molecule has 1 saturated heterocycles. The molecule has 4 atom stereocenters. The number of hydrogen-bond acceptors (Lipinski definition) is 5. The van der Waals surface area contributed by atoms with Crippen LogP contribution >= 0.6 is 0 Å². The van der Waals surface area contributed by atoms with Crippen LogP contribution < -0.4 is 5.32 Å². The molecule has 0 radical (unpaired) electrons. The Morgan fingerprint density at radius 1 is 1.17 bits per heavy atom. The van der Waals surface area contributed by atoms with Crippen LogP contribution in [-0.4, -0.2) is 38.2 Å². The number of benzene rings is 1. The van der Waals surface area contributed by atoms with Crippen LogP contribution in [0.15, 0.2) is 30.3 Å². The first-order valence-electron chi connectivity index (χ1n) is 10.5. The number of carbonyl (C=O) groups is 3. The van der Waals surface area contributed by atoms with Crippen molar-refractivity contribution in [1.82, 2.24) is 5.32 Å². The highest BCUT2D eigenvalue weighted by molar-refractivity contribution is 6.70. The van der Waals surface area contributed by atoms with Crippen LogP contribution in [-0.2, 0) is 29.1 Å². The number of Topliss-reactive ketones (excluding diaryl/α,β-unsaturated/α-hetero) is 1. The molecule has 3 aliphatic rings. The number of carbonyl (C=O) groups excluding carboxylic acids is 3. The lowest BCUT2D eigenvalue weighted by atomic mass is 9.35. The summed E-state index contributed by atoms with van der Waals surface area (Å²) in [6.07, 6.45) is 3.19. The van der Waals surface area contributed by atoms with Gasteiger partial charge in [-0.15, -0.1) is 0 Å². The van der Waals surface area contributed by atoms with Gasteiger partial charge in [-0.3, -0.25) is 14.4 Å². The van der Waals surface area contributed by atoms with Gasteiger partial charge in [-0.05, 0) is 45.0 Å². The molecular formula is C22H29NO5Si. The molecule has 1 aromatic carbocycles. The second-order valence-corrected chi connectivity index (χ2v) is 13.8. The van der Waals surface area contributed by atoms with E-state index in [1.165, 1.54) is 0 Å². The predicted octanol–water partition coefficient (Wildman–Crippen LogP) is 2.92. The molecule has 156 valence electrons. The highest BCUT2D eigenvalue weighted by atomic mass is 28.4. The first kappa shape index (κ1) is 20.3. The zero-order valence-corrected chi connectivity index (χ0v) is 18.5. The normalized spacial score (nSPS) is 35.9. The molecule has 1 heterocycles. The minimum absolute atomic E-state index is 0.154. The van der Waals surface area contributed by atoms with E-state index in [4.69, 9.17) is 9.16 Å². The third-order valence-electron chi connectivity index (χ3n) is 6.76. The van der Waals surface area contributed by atoms with Crippen molar-refractivity contribution in [2.24, 2.45) is 11.3 Å². The van der Waals surface area contributed by atoms with E-state index in [1.54, 1.807) is 6.92 Å². The number of ketones is 1. The molecule has 6 nitrogen and oxygen atoms in total. The number of esters is 1. The molecule has 1 amide bonds. The van der Waals surface area contributed by atoms with E-state index in [0.717, 1.165) is 18.4 Å². The molecule has 1 aliphatic heterocycles. The van der Waals surface area contributed by atoms with Gasteiger partial charge in [-0.25, -0.2) is 0 Å². The fourth-order valence-corrected chi connectivity index (χ4v) is 7.72. The van der Waals surface area contributed by atoms with Crippen LogP contribution in [0.4, 0.5) is 0 Å². The van der Waals surface area contributed by atoms with Gasteiger partial charge in [0.1, 0.15) is 5.54 Å². The molecule has 1 N–H and O–H groups in total. The molecule has 29 heavy (non-hydrogen) atoms. The lowest BCUT2D eigenvalue weighted by Crippen LogP contribution is -2.86. The monoisotopic (exact) mass is 415 g/mol. The number of fused-ring (bicyclic) bond motifs is 4. The topological polar surface area (TPSA) is 81.7 Å². The van der Waals surface area contributed by atoms with Crippen LogP contribution in [0.25, 0.3) is 0 Å². The van der Waals surface area contributed by atoms with Crippen molar-refractivity contribution in [3.05, 3.63) is 35.9 Å². The second kappa shape index (κ2) is 6.50. The van der Waals surface area contributed by atoms with Crippen molar-refractivity contribution in [2.45, 2.75) is 63.4 Å². The summed E-state index contributed by atoms with van der Waals surface area (Å²) in [6, 6.07) is 9.38. The largest absolute Gasteiger partial charge is 0.465 e. The van der Waals surface area contributed by atoms with Crippen molar-refractivity contribution in [2.75, 3.05) is 6.61 Å². The van der Waals surface area contributed by atoms with Crippen molar-refractivity contribution in [3.8, 4) is 0 Å². The molecule has 0 unspecified atom stereocenters. The molecule has 0 aromatic heterocycles. The summed E-state index contributed by atoms with van der Waals surface area (Å²) >= 11 is 0. The summed E-state index contributed by atoms with van der Waals surface area (Å²) in [4.78, 5) is 39.7. The summed E-state index contributed by atoms with van der Waals surface area (Å²) in [5.74, 6) is -2.37. The van der Waals surface area contributed by atoms with Gasteiger partial charge < -0.3 is 14.5 Å². The lowest BCUT2D eigenvalue weighted by molar-refractivity contribution is -0.268. The van der Waals surface area contributed by atoms with Gasteiger partial charge in [0.25, 0.3) is 5.91 Å². The second-order valence-electron chi connectivity index (χ2n) is 9.33. The Bertz CT molecular complexity index is 866. The van der Waals surface area contributed by atoms with E-state index in [-0.39, 0.29) is 12.5 Å². The number of ether oxygens (including phenoxy) is 1. The maximum absolute atomic E-state index is 13.4. The Morgan fingerprint density at radius 2 is 1.86 bits per heavy atom. The standard InChI is InChI=1S/C22H29NO5Si/c1-5-27-19(26)21-16-13-9-10-14-20(16,28-29(2,3)4)22(21,23-18(25)17(21)24)15-11-7-6-8-12-15/h6-8,11-12,16H,5,9-10,13-14H2,1-4H3,(H,23,25)/t16-,20+,21-,22-/m1/s1. The molecule has 2 aliphatic carbocycles. The third-order valence-corrected chi connectivity index (χ3v) is 7.74. The Morgan fingerprint density at radius 3 is 2.48 bits per heavy atom. The van der Waals surface area contributed by atoms with Gasteiger partial charge in [0.15, 0.2) is 13.7 Å². The fraction of sp³-hybridized carbons (Fsp3) is 0.591. The van der Waals surface area contributed by atoms with Crippen molar-refractivity contribution < 1.29 is 23.5 Å². The van der Waals surface area contributed by atoms with Gasteiger partial charge in [-0.1, -0.05) is 43.2 Å². The highest BCUT2D eigenvalue weighted by Crippen LogP contribution is 2.74. The van der Waals surface area contributed by atoms with Gasteiger partial charge in [0.05, 0.1) is 12.2 Å². The average molecular weight is 416 g/mol. The number of amides is 1. The Balaban J connectivity index is 2.03. The zero-order chi connectivity index (χ0) is 21.1. The fourth-order valence-electron chi connectivity index (χ4n) is 6.23. The van der Waals surface area contributed by atoms with Crippen LogP contribution in [0, 0.1) is 11.3 Å². The summed E-state index contributed by atoms with van der Waals surface area (Å²) in [5.41, 5.74) is -2.84. The number of rotatable bonds is 5. The van der Waals surface area contributed by atoms with E-state index >= 15 is 0 Å². The quantitative estimate of drug-likeness (QED) is 0.346. The van der Waals surface area contributed by atoms with Crippen LogP contribution in [0.1, 0.15) is 38.2 Å². The Hall–Kier alpha value is -1.99. The Kier molecular flexibility index (Phi) is 4.55. The Labute approximate surface area is 172 Å². The van der Waals surface area contributed by atoms with E-state index < -0.39 is 42.5 Å². The van der Waals surface area contributed by atoms with Crippen molar-refractivity contribution in [1.29, 1.82) is 0 Å². The average Bonchev–Trinajstić information content (AvgIpc) is 2.88. The minimum Gasteiger partial charge on any atom is -0.465 e. The third kappa shape index (κ3) is 2.34. The summed E-state index contributed by atoms with van der Waals surface area (Å²) in [7, 11) is -2.09. The minimum atomic E-state index is -2.09. The zero-order valence-electron chi connectivity index (χ0n) is 17.5. The predicted molar refractivity (Wildman–Crippen MR) is 109 cm³/mol. The molecule has 2 saturated carbocycles. The van der Waals surface area contributed by atoms with Crippen molar-refractivity contribution >= 4 is 26.0 Å². The summed E-state index contributed by atoms with van der Waals surface area (Å²) < 4.78 is 12.3. The van der Waals surface area contributed by atoms with Crippen LogP contribution in [0.3, 0.4) is 0 Å². The SMILES string of the molecule is CCOC(=O)[C@@]12C(=O)C(=O)N[C@]1(c1ccccc1)[C@]1(O[Si](C)(C)C)CCCC[C@@H]21. The smallest absolute Gasteiger partial charge is 0.323 e. The van der Waals surface area contributed by atoms with Gasteiger partial charge in [0, 0.05) is 5.92 Å². The highest BCUT2D eigenvalue weighted by Gasteiger charge is 2.91. The first-order chi connectivity index (χ1) is 13.7.